The number of carbonyl (C=O) groups is 1. The Morgan fingerprint density at radius 1 is 1.89 bits per heavy atom. The van der Waals surface area contributed by atoms with Gasteiger partial charge >= 0.3 is 0 Å². The van der Waals surface area contributed by atoms with Crippen LogP contribution in [0.5, 0.6) is 0 Å². The zero-order chi connectivity index (χ0) is 7.28. The van der Waals surface area contributed by atoms with Crippen LogP contribution in [0.2, 0.25) is 0 Å². The van der Waals surface area contributed by atoms with Gasteiger partial charge in [0.05, 0.1) is 0 Å². The van der Waals surface area contributed by atoms with Gasteiger partial charge in [-0.15, -0.1) is 0 Å². The Hall–Kier alpha value is -0.480. The zero-order valence-electron chi connectivity index (χ0n) is 5.03. The third kappa shape index (κ3) is 2.53. The van der Waals surface area contributed by atoms with Gasteiger partial charge in [0.2, 0.25) is 0 Å². The van der Waals surface area contributed by atoms with Gasteiger partial charge in [0, 0.05) is 12.0 Å². The minimum absolute atomic E-state index is 0.356. The molecule has 1 unspecified atom stereocenters. The van der Waals surface area contributed by atoms with Crippen molar-refractivity contribution in [3.63, 3.8) is 0 Å². The third-order valence-corrected chi connectivity index (χ3v) is 1.31. The van der Waals surface area contributed by atoms with Crippen LogP contribution in [0, 0.1) is 0 Å². The molecular weight excluding hydrogens is 136 g/mol. The number of carbonyl (C=O) groups excluding carboxylic acids is 1. The minimum atomic E-state index is -0.356. The van der Waals surface area contributed by atoms with Gasteiger partial charge in [-0.3, -0.25) is 0 Å². The summed E-state index contributed by atoms with van der Waals surface area (Å²) in [6.07, 6.45) is 2.12. The molecule has 0 heterocycles. The summed E-state index contributed by atoms with van der Waals surface area (Å²) in [6, 6.07) is -0.356. The third-order valence-electron chi connectivity index (χ3n) is 0.938. The second kappa shape index (κ2) is 4.40. The van der Waals surface area contributed by atoms with Crippen molar-refractivity contribution in [3.05, 3.63) is 12.8 Å². The van der Waals surface area contributed by atoms with Crippen LogP contribution in [0.1, 0.15) is 0 Å². The van der Waals surface area contributed by atoms with E-state index in [-0.39, 0.29) is 6.04 Å². The Labute approximate surface area is 59.9 Å². The number of rotatable bonds is 4. The lowest BCUT2D eigenvalue weighted by molar-refractivity contribution is -0.111. The van der Waals surface area contributed by atoms with E-state index in [1.807, 2.05) is 0 Å². The number of hydrogen-bond acceptors (Lipinski definition) is 4. The van der Waals surface area contributed by atoms with Gasteiger partial charge in [-0.2, -0.15) is 12.6 Å². The molecule has 0 spiro atoms. The topological polar surface area (TPSA) is 46.3 Å². The monoisotopic (exact) mass is 146 g/mol. The van der Waals surface area contributed by atoms with Crippen LogP contribution < -0.4 is 5.84 Å². The lowest BCUT2D eigenvalue weighted by atomic mass is 10.4. The van der Waals surface area contributed by atoms with E-state index < -0.39 is 0 Å². The zero-order valence-corrected chi connectivity index (χ0v) is 5.92. The quantitative estimate of drug-likeness (QED) is 0.250. The molecule has 2 N–H and O–H groups in total. The van der Waals surface area contributed by atoms with Crippen molar-refractivity contribution in [2.24, 2.45) is 5.84 Å². The highest BCUT2D eigenvalue weighted by molar-refractivity contribution is 7.80. The van der Waals surface area contributed by atoms with E-state index in [4.69, 9.17) is 5.84 Å². The highest BCUT2D eigenvalue weighted by atomic mass is 32.1. The van der Waals surface area contributed by atoms with Gasteiger partial charge in [-0.1, -0.05) is 6.58 Å². The van der Waals surface area contributed by atoms with Crippen molar-refractivity contribution >= 4 is 18.9 Å². The largest absolute Gasteiger partial charge is 0.308 e. The average Bonchev–Trinajstić information content (AvgIpc) is 1.90. The van der Waals surface area contributed by atoms with E-state index in [1.54, 1.807) is 0 Å². The van der Waals surface area contributed by atoms with Crippen molar-refractivity contribution in [2.75, 3.05) is 5.75 Å². The second-order valence-corrected chi connectivity index (χ2v) is 1.88. The molecule has 0 radical (unpaired) electrons. The molecule has 0 aromatic rings. The molecule has 1 atom stereocenters. The van der Waals surface area contributed by atoms with Crippen LogP contribution in [-0.2, 0) is 4.79 Å². The molecule has 52 valence electrons. The summed E-state index contributed by atoms with van der Waals surface area (Å²) < 4.78 is 0. The fourth-order valence-electron chi connectivity index (χ4n) is 0.343. The second-order valence-electron chi connectivity index (χ2n) is 1.52. The predicted molar refractivity (Wildman–Crippen MR) is 39.9 cm³/mol. The molecule has 4 heteroatoms. The van der Waals surface area contributed by atoms with Gasteiger partial charge < -0.3 is 9.80 Å². The van der Waals surface area contributed by atoms with Gasteiger partial charge in [-0.25, -0.2) is 5.84 Å². The Balaban J connectivity index is 3.77. The molecule has 0 aliphatic heterocycles. The summed E-state index contributed by atoms with van der Waals surface area (Å²) in [5.74, 6) is 5.68. The van der Waals surface area contributed by atoms with Crippen LogP contribution in [0.3, 0.4) is 0 Å². The molecule has 3 nitrogen and oxygen atoms in total. The molecular formula is C5H10N2OS. The molecule has 0 aliphatic rings. The van der Waals surface area contributed by atoms with E-state index in [0.29, 0.717) is 5.75 Å². The Bertz CT molecular complexity index is 107. The van der Waals surface area contributed by atoms with Crippen LogP contribution in [0.4, 0.5) is 0 Å². The van der Waals surface area contributed by atoms with Gasteiger partial charge in [0.25, 0.3) is 0 Å². The standard InChI is InChI=1S/C5H10N2OS/c1-2-7(6)5(3-8)4-9/h2-3,5,9H,1,4,6H2. The highest BCUT2D eigenvalue weighted by Gasteiger charge is 2.06. The van der Waals surface area contributed by atoms with E-state index in [1.165, 1.54) is 11.2 Å². The lowest BCUT2D eigenvalue weighted by Gasteiger charge is -2.17. The first-order valence-corrected chi connectivity index (χ1v) is 3.11. The summed E-state index contributed by atoms with van der Waals surface area (Å²) in [6.45, 7) is 3.39. The summed E-state index contributed by atoms with van der Waals surface area (Å²) in [5, 5.41) is 1.22. The van der Waals surface area contributed by atoms with E-state index >= 15 is 0 Å². The molecule has 0 bridgehead atoms. The summed E-state index contributed by atoms with van der Waals surface area (Å²) in [4.78, 5) is 10.1. The molecule has 0 saturated carbocycles. The number of hydrogen-bond donors (Lipinski definition) is 2. The fourth-order valence-corrected chi connectivity index (χ4v) is 0.618. The van der Waals surface area contributed by atoms with Crippen molar-refractivity contribution in [3.8, 4) is 0 Å². The average molecular weight is 146 g/mol. The molecule has 0 saturated heterocycles. The van der Waals surface area contributed by atoms with Crippen LogP contribution in [0.25, 0.3) is 0 Å². The van der Waals surface area contributed by atoms with Crippen molar-refractivity contribution in [1.82, 2.24) is 5.01 Å². The number of aldehydes is 1. The number of thiol groups is 1. The Morgan fingerprint density at radius 3 is 2.56 bits per heavy atom. The molecule has 0 aromatic carbocycles. The SMILES string of the molecule is C=CN(N)C(C=O)CS. The smallest absolute Gasteiger partial charge is 0.144 e. The highest BCUT2D eigenvalue weighted by Crippen LogP contribution is 1.91. The van der Waals surface area contributed by atoms with Gasteiger partial charge in [0.1, 0.15) is 12.3 Å². The fraction of sp³-hybridized carbons (Fsp3) is 0.400. The summed E-state index contributed by atoms with van der Waals surface area (Å²) in [5.41, 5.74) is 0. The van der Waals surface area contributed by atoms with Gasteiger partial charge in [-0.05, 0) is 0 Å². The first-order chi connectivity index (χ1) is 4.26. The van der Waals surface area contributed by atoms with Crippen molar-refractivity contribution in [2.45, 2.75) is 6.04 Å². The molecule has 0 amide bonds. The molecule has 0 fully saturated rings. The molecule has 0 aromatic heterocycles. The summed E-state index contributed by atoms with van der Waals surface area (Å²) >= 11 is 3.89. The normalized spacial score (nSPS) is 12.2. The number of nitrogens with two attached hydrogens (primary N) is 1. The molecule has 9 heavy (non-hydrogen) atoms. The van der Waals surface area contributed by atoms with Gasteiger partial charge in [0.15, 0.2) is 0 Å². The maximum absolute atomic E-state index is 10.1. The van der Waals surface area contributed by atoms with Crippen LogP contribution in [0.15, 0.2) is 12.8 Å². The number of nitrogens with zero attached hydrogens (tertiary/aromatic N) is 1. The van der Waals surface area contributed by atoms with E-state index in [2.05, 4.69) is 19.2 Å². The molecule has 0 rings (SSSR count). The Morgan fingerprint density at radius 2 is 2.44 bits per heavy atom. The van der Waals surface area contributed by atoms with Crippen LogP contribution >= 0.6 is 12.6 Å². The first-order valence-electron chi connectivity index (χ1n) is 2.48. The van der Waals surface area contributed by atoms with Crippen molar-refractivity contribution in [1.29, 1.82) is 0 Å². The summed E-state index contributed by atoms with van der Waals surface area (Å²) in [7, 11) is 0. The first kappa shape index (κ1) is 8.52. The van der Waals surface area contributed by atoms with Crippen molar-refractivity contribution < 1.29 is 4.79 Å². The number of hydrazine groups is 1. The maximum atomic E-state index is 10.1. The van der Waals surface area contributed by atoms with Crippen LogP contribution in [-0.4, -0.2) is 23.1 Å². The maximum Gasteiger partial charge on any atom is 0.144 e. The minimum Gasteiger partial charge on any atom is -0.308 e. The molecule has 0 aliphatic carbocycles. The lowest BCUT2D eigenvalue weighted by Crippen LogP contribution is -2.38. The predicted octanol–water partition coefficient (Wildman–Crippen LogP) is -0.197. The Kier molecular flexibility index (Phi) is 4.17. The van der Waals surface area contributed by atoms with E-state index in [0.717, 1.165) is 6.29 Å². The van der Waals surface area contributed by atoms with E-state index in [9.17, 15) is 4.79 Å².